The van der Waals surface area contributed by atoms with Crippen molar-refractivity contribution in [3.63, 3.8) is 0 Å². The smallest absolute Gasteiger partial charge is 0.308 e. The van der Waals surface area contributed by atoms with E-state index < -0.39 is 18.0 Å². The number of carbonyl (C=O) groups excluding carboxylic acids is 1. The standard InChI is InChI=1S/C16H21NO4/c1-11-5-7-14(8-6-11)21-12(2)15(18)17-9-3-4-13(10-17)16(19)20/h5-8,12-13H,3-4,9-10H2,1-2H3,(H,19,20)/t12?,13-/m1/s1. The summed E-state index contributed by atoms with van der Waals surface area (Å²) in [5.74, 6) is -0.802. The maximum absolute atomic E-state index is 12.3. The molecule has 1 aliphatic heterocycles. The monoisotopic (exact) mass is 291 g/mol. The molecule has 1 amide bonds. The number of hydrogen-bond donors (Lipinski definition) is 1. The molecule has 0 aromatic heterocycles. The van der Waals surface area contributed by atoms with Gasteiger partial charge in [0.15, 0.2) is 6.10 Å². The van der Waals surface area contributed by atoms with Gasteiger partial charge in [-0.1, -0.05) is 17.7 Å². The first kappa shape index (κ1) is 15.4. The molecule has 1 N–H and O–H groups in total. The minimum Gasteiger partial charge on any atom is -0.481 e. The lowest BCUT2D eigenvalue weighted by Crippen LogP contribution is -2.47. The van der Waals surface area contributed by atoms with Gasteiger partial charge in [0.2, 0.25) is 0 Å². The van der Waals surface area contributed by atoms with Crippen LogP contribution in [0.15, 0.2) is 24.3 Å². The number of rotatable bonds is 4. The van der Waals surface area contributed by atoms with Gasteiger partial charge in [-0.05, 0) is 38.8 Å². The summed E-state index contributed by atoms with van der Waals surface area (Å²) in [6.07, 6.45) is 0.743. The van der Waals surface area contributed by atoms with E-state index in [1.165, 1.54) is 0 Å². The molecule has 1 aromatic rings. The van der Waals surface area contributed by atoms with Crippen molar-refractivity contribution in [1.82, 2.24) is 4.90 Å². The van der Waals surface area contributed by atoms with Gasteiger partial charge in [-0.15, -0.1) is 0 Å². The molecule has 114 valence electrons. The summed E-state index contributed by atoms with van der Waals surface area (Å²) >= 11 is 0. The Bertz CT molecular complexity index is 512. The molecule has 2 atom stereocenters. The number of carbonyl (C=O) groups is 2. The lowest BCUT2D eigenvalue weighted by atomic mass is 9.98. The molecular weight excluding hydrogens is 270 g/mol. The SMILES string of the molecule is Cc1ccc(OC(C)C(=O)N2CCC[C@@H](C(=O)O)C2)cc1. The van der Waals surface area contributed by atoms with Gasteiger partial charge in [0.1, 0.15) is 5.75 Å². The van der Waals surface area contributed by atoms with E-state index in [1.54, 1.807) is 11.8 Å². The summed E-state index contributed by atoms with van der Waals surface area (Å²) in [5.41, 5.74) is 1.13. The third-order valence-corrected chi connectivity index (χ3v) is 3.76. The quantitative estimate of drug-likeness (QED) is 0.922. The Hall–Kier alpha value is -2.04. The van der Waals surface area contributed by atoms with Crippen molar-refractivity contribution in [2.24, 2.45) is 5.92 Å². The van der Waals surface area contributed by atoms with Gasteiger partial charge in [-0.3, -0.25) is 9.59 Å². The minimum atomic E-state index is -0.834. The van der Waals surface area contributed by atoms with Crippen molar-refractivity contribution in [2.75, 3.05) is 13.1 Å². The largest absolute Gasteiger partial charge is 0.481 e. The first-order chi connectivity index (χ1) is 9.97. The van der Waals surface area contributed by atoms with Crippen LogP contribution < -0.4 is 4.74 Å². The van der Waals surface area contributed by atoms with E-state index in [4.69, 9.17) is 9.84 Å². The zero-order chi connectivity index (χ0) is 15.4. The number of piperidine rings is 1. The Balaban J connectivity index is 1.95. The lowest BCUT2D eigenvalue weighted by Gasteiger charge is -2.32. The van der Waals surface area contributed by atoms with Crippen LogP contribution in [0.25, 0.3) is 0 Å². The molecule has 21 heavy (non-hydrogen) atoms. The first-order valence-corrected chi connectivity index (χ1v) is 7.22. The Morgan fingerprint density at radius 2 is 2.00 bits per heavy atom. The van der Waals surface area contributed by atoms with Gasteiger partial charge in [-0.25, -0.2) is 0 Å². The second kappa shape index (κ2) is 6.61. The maximum Gasteiger partial charge on any atom is 0.308 e. The van der Waals surface area contributed by atoms with Gasteiger partial charge >= 0.3 is 5.97 Å². The Labute approximate surface area is 124 Å². The van der Waals surface area contributed by atoms with Crippen LogP contribution in [0.4, 0.5) is 0 Å². The van der Waals surface area contributed by atoms with Crippen LogP contribution >= 0.6 is 0 Å². The van der Waals surface area contributed by atoms with Crippen LogP contribution in [0.2, 0.25) is 0 Å². The summed E-state index contributed by atoms with van der Waals surface area (Å²) in [6.45, 7) is 4.56. The molecular formula is C16H21NO4. The number of aryl methyl sites for hydroxylation is 1. The minimum absolute atomic E-state index is 0.151. The van der Waals surface area contributed by atoms with Crippen molar-refractivity contribution >= 4 is 11.9 Å². The normalized spacial score (nSPS) is 19.9. The predicted octanol–water partition coefficient (Wildman–Crippen LogP) is 2.09. The van der Waals surface area contributed by atoms with E-state index in [2.05, 4.69) is 0 Å². The third kappa shape index (κ3) is 3.97. The maximum atomic E-state index is 12.3. The van der Waals surface area contributed by atoms with Crippen molar-refractivity contribution < 1.29 is 19.4 Å². The fourth-order valence-electron chi connectivity index (χ4n) is 2.51. The predicted molar refractivity (Wildman–Crippen MR) is 78.2 cm³/mol. The number of carboxylic acid groups (broad SMARTS) is 1. The highest BCUT2D eigenvalue weighted by Crippen LogP contribution is 2.19. The molecule has 1 aromatic carbocycles. The zero-order valence-electron chi connectivity index (χ0n) is 12.4. The first-order valence-electron chi connectivity index (χ1n) is 7.22. The summed E-state index contributed by atoms with van der Waals surface area (Å²) in [7, 11) is 0. The summed E-state index contributed by atoms with van der Waals surface area (Å²) < 4.78 is 5.64. The van der Waals surface area contributed by atoms with Crippen LogP contribution in [0.5, 0.6) is 5.75 Å². The Morgan fingerprint density at radius 3 is 2.62 bits per heavy atom. The summed E-state index contributed by atoms with van der Waals surface area (Å²) in [5, 5.41) is 9.07. The van der Waals surface area contributed by atoms with E-state index in [0.717, 1.165) is 12.0 Å². The molecule has 5 heteroatoms. The number of aliphatic carboxylic acids is 1. The topological polar surface area (TPSA) is 66.8 Å². The van der Waals surface area contributed by atoms with Gasteiger partial charge in [0.05, 0.1) is 5.92 Å². The van der Waals surface area contributed by atoms with E-state index in [1.807, 2.05) is 31.2 Å². The molecule has 1 fully saturated rings. The third-order valence-electron chi connectivity index (χ3n) is 3.76. The van der Waals surface area contributed by atoms with E-state index in [0.29, 0.717) is 18.7 Å². The zero-order valence-corrected chi connectivity index (χ0v) is 12.4. The number of carboxylic acids is 1. The van der Waals surface area contributed by atoms with E-state index in [-0.39, 0.29) is 12.5 Å². The average Bonchev–Trinajstić information content (AvgIpc) is 2.49. The molecule has 0 spiro atoms. The highest BCUT2D eigenvalue weighted by molar-refractivity contribution is 5.82. The van der Waals surface area contributed by atoms with E-state index in [9.17, 15) is 9.59 Å². The molecule has 1 aliphatic rings. The lowest BCUT2D eigenvalue weighted by molar-refractivity contribution is -0.147. The number of nitrogens with zero attached hydrogens (tertiary/aromatic N) is 1. The van der Waals surface area contributed by atoms with Crippen LogP contribution in [0, 0.1) is 12.8 Å². The molecule has 1 saturated heterocycles. The van der Waals surface area contributed by atoms with Crippen molar-refractivity contribution in [3.8, 4) is 5.75 Å². The Morgan fingerprint density at radius 1 is 1.33 bits per heavy atom. The number of benzene rings is 1. The van der Waals surface area contributed by atoms with Crippen LogP contribution in [0.3, 0.4) is 0 Å². The van der Waals surface area contributed by atoms with Crippen molar-refractivity contribution in [2.45, 2.75) is 32.8 Å². The molecule has 0 bridgehead atoms. The highest BCUT2D eigenvalue weighted by atomic mass is 16.5. The van der Waals surface area contributed by atoms with Crippen molar-refractivity contribution in [3.05, 3.63) is 29.8 Å². The van der Waals surface area contributed by atoms with Gasteiger partial charge in [0.25, 0.3) is 5.91 Å². The van der Waals surface area contributed by atoms with Crippen LogP contribution in [-0.4, -0.2) is 41.1 Å². The number of amides is 1. The molecule has 1 unspecified atom stereocenters. The number of hydrogen-bond acceptors (Lipinski definition) is 3. The molecule has 1 heterocycles. The Kier molecular flexibility index (Phi) is 4.83. The van der Waals surface area contributed by atoms with Gasteiger partial charge in [-0.2, -0.15) is 0 Å². The van der Waals surface area contributed by atoms with Crippen molar-refractivity contribution in [1.29, 1.82) is 0 Å². The average molecular weight is 291 g/mol. The van der Waals surface area contributed by atoms with Crippen LogP contribution in [-0.2, 0) is 9.59 Å². The van der Waals surface area contributed by atoms with E-state index >= 15 is 0 Å². The molecule has 5 nitrogen and oxygen atoms in total. The number of likely N-dealkylation sites (tertiary alicyclic amines) is 1. The van der Waals surface area contributed by atoms with Crippen LogP contribution in [0.1, 0.15) is 25.3 Å². The van der Waals surface area contributed by atoms with Gasteiger partial charge in [0, 0.05) is 13.1 Å². The fraction of sp³-hybridized carbons (Fsp3) is 0.500. The number of ether oxygens (including phenoxy) is 1. The fourth-order valence-corrected chi connectivity index (χ4v) is 2.51. The highest BCUT2D eigenvalue weighted by Gasteiger charge is 2.30. The molecule has 0 aliphatic carbocycles. The molecule has 0 radical (unpaired) electrons. The summed E-state index contributed by atoms with van der Waals surface area (Å²) in [4.78, 5) is 25.0. The molecule has 0 saturated carbocycles. The molecule has 2 rings (SSSR count). The van der Waals surface area contributed by atoms with Gasteiger partial charge < -0.3 is 14.7 Å². The summed E-state index contributed by atoms with van der Waals surface area (Å²) in [6, 6.07) is 7.51. The second-order valence-corrected chi connectivity index (χ2v) is 5.53. The second-order valence-electron chi connectivity index (χ2n) is 5.53.